The highest BCUT2D eigenvalue weighted by Gasteiger charge is 2.24. The fourth-order valence-electron chi connectivity index (χ4n) is 1.78. The van der Waals surface area contributed by atoms with Crippen molar-refractivity contribution in [2.75, 3.05) is 4.72 Å². The predicted octanol–water partition coefficient (Wildman–Crippen LogP) is 0.869. The van der Waals surface area contributed by atoms with Gasteiger partial charge in [-0.1, -0.05) is 0 Å². The number of aromatic nitrogens is 4. The molecule has 0 aliphatic rings. The Morgan fingerprint density at radius 1 is 1.33 bits per heavy atom. The molecular weight excluding hydrogens is 254 g/mol. The standard InChI is InChI=1S/C10H15N5O2S/c1-6-5-11-12-10(6)14-18(16,17)9-7(2)13-15(4)8(9)3/h5H,1-4H3,(H2,11,12,14). The summed E-state index contributed by atoms with van der Waals surface area (Å²) in [5.74, 6) is 0.373. The SMILES string of the molecule is Cc1cn[nH]c1NS(=O)(=O)c1c(C)nn(C)c1C. The Morgan fingerprint density at radius 2 is 2.00 bits per heavy atom. The molecule has 0 radical (unpaired) electrons. The van der Waals surface area contributed by atoms with Crippen LogP contribution in [0.25, 0.3) is 0 Å². The average Bonchev–Trinajstić information content (AvgIpc) is 2.73. The number of H-pyrrole nitrogens is 1. The molecule has 0 spiro atoms. The zero-order valence-electron chi connectivity index (χ0n) is 10.6. The van der Waals surface area contributed by atoms with Crippen molar-refractivity contribution >= 4 is 15.8 Å². The van der Waals surface area contributed by atoms with Crippen LogP contribution in [0, 0.1) is 20.8 Å². The first-order valence-corrected chi connectivity index (χ1v) is 6.84. The van der Waals surface area contributed by atoms with Crippen molar-refractivity contribution in [1.82, 2.24) is 20.0 Å². The second-order valence-corrected chi connectivity index (χ2v) is 5.78. The van der Waals surface area contributed by atoms with Gasteiger partial charge in [0, 0.05) is 12.6 Å². The lowest BCUT2D eigenvalue weighted by Crippen LogP contribution is -2.15. The van der Waals surface area contributed by atoms with E-state index in [1.165, 1.54) is 0 Å². The van der Waals surface area contributed by atoms with Gasteiger partial charge >= 0.3 is 0 Å². The maximum atomic E-state index is 12.3. The van der Waals surface area contributed by atoms with Crippen LogP contribution in [0.3, 0.4) is 0 Å². The molecule has 2 rings (SSSR count). The van der Waals surface area contributed by atoms with E-state index in [1.54, 1.807) is 38.7 Å². The van der Waals surface area contributed by atoms with Gasteiger partial charge in [0.05, 0.1) is 17.6 Å². The van der Waals surface area contributed by atoms with Gasteiger partial charge in [-0.05, 0) is 20.8 Å². The normalized spacial score (nSPS) is 11.8. The summed E-state index contributed by atoms with van der Waals surface area (Å²) < 4.78 is 28.6. The molecule has 0 atom stereocenters. The van der Waals surface area contributed by atoms with Gasteiger partial charge in [0.2, 0.25) is 0 Å². The average molecular weight is 269 g/mol. The zero-order chi connectivity index (χ0) is 13.5. The van der Waals surface area contributed by atoms with Crippen LogP contribution < -0.4 is 4.72 Å². The number of sulfonamides is 1. The van der Waals surface area contributed by atoms with E-state index in [2.05, 4.69) is 20.0 Å². The monoisotopic (exact) mass is 269 g/mol. The molecule has 0 aliphatic carbocycles. The van der Waals surface area contributed by atoms with Gasteiger partial charge in [-0.3, -0.25) is 14.5 Å². The summed E-state index contributed by atoms with van der Waals surface area (Å²) in [7, 11) is -1.94. The van der Waals surface area contributed by atoms with E-state index in [0.29, 0.717) is 17.2 Å². The third-order valence-corrected chi connectivity index (χ3v) is 4.38. The van der Waals surface area contributed by atoms with E-state index in [4.69, 9.17) is 0 Å². The summed E-state index contributed by atoms with van der Waals surface area (Å²) in [5, 5.41) is 10.5. The van der Waals surface area contributed by atoms with Crippen LogP contribution in [0.5, 0.6) is 0 Å². The second kappa shape index (κ2) is 4.13. The Bertz CT molecular complexity index is 683. The summed E-state index contributed by atoms with van der Waals surface area (Å²) in [5.41, 5.74) is 1.80. The van der Waals surface area contributed by atoms with E-state index >= 15 is 0 Å². The van der Waals surface area contributed by atoms with Crippen LogP contribution in [-0.4, -0.2) is 28.4 Å². The molecule has 0 aromatic carbocycles. The fraction of sp³-hybridized carbons (Fsp3) is 0.400. The van der Waals surface area contributed by atoms with Gasteiger partial charge < -0.3 is 0 Å². The fourth-order valence-corrected chi connectivity index (χ4v) is 3.31. The quantitative estimate of drug-likeness (QED) is 0.864. The van der Waals surface area contributed by atoms with Crippen LogP contribution >= 0.6 is 0 Å². The highest BCUT2D eigenvalue weighted by atomic mass is 32.2. The number of nitrogens with one attached hydrogen (secondary N) is 2. The summed E-state index contributed by atoms with van der Waals surface area (Å²) in [6.07, 6.45) is 1.56. The number of aryl methyl sites for hydroxylation is 3. The number of aromatic amines is 1. The highest BCUT2D eigenvalue weighted by Crippen LogP contribution is 2.22. The predicted molar refractivity (Wildman–Crippen MR) is 66.8 cm³/mol. The molecule has 0 saturated heterocycles. The Morgan fingerprint density at radius 3 is 2.44 bits per heavy atom. The van der Waals surface area contributed by atoms with Crippen LogP contribution in [0.2, 0.25) is 0 Å². The second-order valence-electron chi connectivity index (χ2n) is 4.16. The minimum Gasteiger partial charge on any atom is -0.271 e. The van der Waals surface area contributed by atoms with Crippen molar-refractivity contribution in [3.63, 3.8) is 0 Å². The lowest BCUT2D eigenvalue weighted by molar-refractivity contribution is 0.599. The molecule has 8 heteroatoms. The van der Waals surface area contributed by atoms with Crippen LogP contribution in [0.1, 0.15) is 17.0 Å². The van der Waals surface area contributed by atoms with Gasteiger partial charge in [0.25, 0.3) is 10.0 Å². The highest BCUT2D eigenvalue weighted by molar-refractivity contribution is 7.92. The van der Waals surface area contributed by atoms with Crippen molar-refractivity contribution in [3.8, 4) is 0 Å². The van der Waals surface area contributed by atoms with Gasteiger partial charge in [-0.2, -0.15) is 10.2 Å². The maximum Gasteiger partial charge on any atom is 0.266 e. The molecule has 0 aliphatic heterocycles. The molecule has 0 fully saturated rings. The summed E-state index contributed by atoms with van der Waals surface area (Å²) >= 11 is 0. The Balaban J connectivity index is 2.46. The molecule has 7 nitrogen and oxygen atoms in total. The number of hydrogen-bond acceptors (Lipinski definition) is 4. The summed E-state index contributed by atoms with van der Waals surface area (Å²) in [6.45, 7) is 5.15. The first kappa shape index (κ1) is 12.6. The summed E-state index contributed by atoms with van der Waals surface area (Å²) in [4.78, 5) is 0.207. The molecule has 18 heavy (non-hydrogen) atoms. The van der Waals surface area contributed by atoms with Crippen molar-refractivity contribution < 1.29 is 8.42 Å². The van der Waals surface area contributed by atoms with Crippen molar-refractivity contribution in [2.24, 2.45) is 7.05 Å². The molecule has 98 valence electrons. The Kier molecular flexibility index (Phi) is 2.89. The lowest BCUT2D eigenvalue weighted by Gasteiger charge is -2.07. The molecule has 0 amide bonds. The molecular formula is C10H15N5O2S. The minimum absolute atomic E-state index is 0.207. The van der Waals surface area contributed by atoms with E-state index in [0.717, 1.165) is 5.56 Å². The van der Waals surface area contributed by atoms with Gasteiger partial charge in [0.15, 0.2) is 0 Å². The number of nitrogens with zero attached hydrogens (tertiary/aromatic N) is 3. The van der Waals surface area contributed by atoms with Crippen LogP contribution in [-0.2, 0) is 17.1 Å². The first-order valence-electron chi connectivity index (χ1n) is 5.36. The zero-order valence-corrected chi connectivity index (χ0v) is 11.5. The minimum atomic E-state index is -3.65. The molecule has 2 aromatic heterocycles. The Hall–Kier alpha value is -1.83. The maximum absolute atomic E-state index is 12.3. The van der Waals surface area contributed by atoms with Crippen molar-refractivity contribution in [2.45, 2.75) is 25.7 Å². The summed E-state index contributed by atoms with van der Waals surface area (Å²) in [6, 6.07) is 0. The third kappa shape index (κ3) is 1.99. The number of hydrogen-bond donors (Lipinski definition) is 2. The van der Waals surface area contributed by atoms with E-state index in [9.17, 15) is 8.42 Å². The van der Waals surface area contributed by atoms with E-state index in [-0.39, 0.29) is 4.90 Å². The molecule has 0 bridgehead atoms. The number of rotatable bonds is 3. The third-order valence-electron chi connectivity index (χ3n) is 2.78. The van der Waals surface area contributed by atoms with E-state index in [1.807, 2.05) is 0 Å². The Labute approximate surface area is 105 Å². The largest absolute Gasteiger partial charge is 0.271 e. The molecule has 0 unspecified atom stereocenters. The van der Waals surface area contributed by atoms with Gasteiger partial charge in [-0.15, -0.1) is 0 Å². The van der Waals surface area contributed by atoms with Crippen LogP contribution in [0.15, 0.2) is 11.1 Å². The van der Waals surface area contributed by atoms with E-state index < -0.39 is 10.0 Å². The number of anilines is 1. The topological polar surface area (TPSA) is 92.7 Å². The molecule has 2 N–H and O–H groups in total. The van der Waals surface area contributed by atoms with Crippen molar-refractivity contribution in [1.29, 1.82) is 0 Å². The molecule has 0 saturated carbocycles. The van der Waals surface area contributed by atoms with Gasteiger partial charge in [0.1, 0.15) is 10.7 Å². The van der Waals surface area contributed by atoms with Crippen molar-refractivity contribution in [3.05, 3.63) is 23.1 Å². The smallest absolute Gasteiger partial charge is 0.266 e. The molecule has 2 aromatic rings. The first-order chi connectivity index (χ1) is 8.33. The van der Waals surface area contributed by atoms with Gasteiger partial charge in [-0.25, -0.2) is 8.42 Å². The molecule has 2 heterocycles. The van der Waals surface area contributed by atoms with Crippen LogP contribution in [0.4, 0.5) is 5.82 Å². The lowest BCUT2D eigenvalue weighted by atomic mass is 10.4.